The van der Waals surface area contributed by atoms with Crippen LogP contribution in [0.25, 0.3) is 0 Å². The predicted octanol–water partition coefficient (Wildman–Crippen LogP) is 1.21. The Morgan fingerprint density at radius 3 is 2.38 bits per heavy atom. The second-order valence-corrected chi connectivity index (χ2v) is 2.81. The molecule has 0 aliphatic rings. The highest BCUT2D eigenvalue weighted by Gasteiger charge is 2.50. The van der Waals surface area contributed by atoms with E-state index in [4.69, 9.17) is 5.73 Å². The van der Waals surface area contributed by atoms with Crippen LogP contribution in [0.2, 0.25) is 0 Å². The van der Waals surface area contributed by atoms with Gasteiger partial charge in [0, 0.05) is 6.20 Å². The second kappa shape index (κ2) is 2.95. The fraction of sp³-hybridized carbons (Fsp3) is 0.429. The van der Waals surface area contributed by atoms with Crippen molar-refractivity contribution in [2.24, 2.45) is 5.73 Å². The number of aromatic nitrogens is 2. The minimum Gasteiger partial charge on any atom is -0.313 e. The highest BCUT2D eigenvalue weighted by molar-refractivity contribution is 5.13. The van der Waals surface area contributed by atoms with Gasteiger partial charge in [-0.3, -0.25) is 0 Å². The summed E-state index contributed by atoms with van der Waals surface area (Å²) in [6.07, 6.45) is -3.24. The van der Waals surface area contributed by atoms with Crippen LogP contribution < -0.4 is 5.73 Å². The Balaban J connectivity index is 3.08. The summed E-state index contributed by atoms with van der Waals surface area (Å²) in [6.45, 7) is 0.858. The molecule has 1 unspecified atom stereocenters. The summed E-state index contributed by atoms with van der Waals surface area (Å²) in [4.78, 5) is 0. The lowest BCUT2D eigenvalue weighted by atomic mass is 9.98. The molecule has 0 aliphatic heterocycles. The number of halogens is 3. The van der Waals surface area contributed by atoms with Crippen molar-refractivity contribution in [3.05, 3.63) is 24.0 Å². The van der Waals surface area contributed by atoms with Crippen LogP contribution in [0.4, 0.5) is 13.2 Å². The number of alkyl halides is 3. The van der Waals surface area contributed by atoms with E-state index in [9.17, 15) is 13.2 Å². The molecule has 0 bridgehead atoms. The fourth-order valence-corrected chi connectivity index (χ4v) is 0.724. The maximum Gasteiger partial charge on any atom is 0.411 e. The molecule has 1 aromatic rings. The van der Waals surface area contributed by atoms with Crippen molar-refractivity contribution in [3.63, 3.8) is 0 Å². The molecule has 3 nitrogen and oxygen atoms in total. The van der Waals surface area contributed by atoms with Crippen LogP contribution in [-0.4, -0.2) is 16.4 Å². The first kappa shape index (κ1) is 9.91. The molecule has 13 heavy (non-hydrogen) atoms. The van der Waals surface area contributed by atoms with Gasteiger partial charge in [0.2, 0.25) is 0 Å². The monoisotopic (exact) mass is 191 g/mol. The van der Waals surface area contributed by atoms with Crippen LogP contribution in [0, 0.1) is 0 Å². The number of nitrogens with zero attached hydrogens (tertiary/aromatic N) is 2. The second-order valence-electron chi connectivity index (χ2n) is 2.81. The third-order valence-electron chi connectivity index (χ3n) is 1.69. The van der Waals surface area contributed by atoms with Crippen LogP contribution in [0.1, 0.15) is 12.6 Å². The molecular weight excluding hydrogens is 183 g/mol. The van der Waals surface area contributed by atoms with Crippen LogP contribution in [0.15, 0.2) is 18.3 Å². The van der Waals surface area contributed by atoms with Gasteiger partial charge in [-0.1, -0.05) is 0 Å². The molecule has 0 amide bonds. The molecular formula is C7H8F3N3. The Kier molecular flexibility index (Phi) is 2.25. The number of rotatable bonds is 1. The van der Waals surface area contributed by atoms with Crippen molar-refractivity contribution < 1.29 is 13.2 Å². The van der Waals surface area contributed by atoms with Gasteiger partial charge in [-0.05, 0) is 19.1 Å². The summed E-state index contributed by atoms with van der Waals surface area (Å²) in [5.41, 5.74) is 2.36. The van der Waals surface area contributed by atoms with Crippen LogP contribution in [0.3, 0.4) is 0 Å². The lowest BCUT2D eigenvalue weighted by molar-refractivity contribution is -0.185. The van der Waals surface area contributed by atoms with E-state index in [0.29, 0.717) is 0 Å². The summed E-state index contributed by atoms with van der Waals surface area (Å²) >= 11 is 0. The third kappa shape index (κ3) is 1.77. The van der Waals surface area contributed by atoms with E-state index in [1.165, 1.54) is 18.3 Å². The van der Waals surface area contributed by atoms with Crippen LogP contribution in [-0.2, 0) is 5.54 Å². The normalized spacial score (nSPS) is 16.7. The molecule has 1 heterocycles. The quantitative estimate of drug-likeness (QED) is 0.725. The SMILES string of the molecule is CC(N)(c1cccnn1)C(F)(F)F. The number of hydrogen-bond acceptors (Lipinski definition) is 3. The molecule has 2 N–H and O–H groups in total. The fourth-order valence-electron chi connectivity index (χ4n) is 0.724. The Labute approximate surface area is 72.8 Å². The van der Waals surface area contributed by atoms with Gasteiger partial charge in [0.25, 0.3) is 0 Å². The van der Waals surface area contributed by atoms with Gasteiger partial charge in [0.05, 0.1) is 5.69 Å². The van der Waals surface area contributed by atoms with Gasteiger partial charge in [-0.15, -0.1) is 0 Å². The Morgan fingerprint density at radius 1 is 1.38 bits per heavy atom. The van der Waals surface area contributed by atoms with Crippen molar-refractivity contribution in [1.29, 1.82) is 0 Å². The summed E-state index contributed by atoms with van der Waals surface area (Å²) in [7, 11) is 0. The molecule has 6 heteroatoms. The van der Waals surface area contributed by atoms with Crippen molar-refractivity contribution >= 4 is 0 Å². The van der Waals surface area contributed by atoms with Crippen molar-refractivity contribution in [2.45, 2.75) is 18.6 Å². The van der Waals surface area contributed by atoms with E-state index < -0.39 is 11.7 Å². The van der Waals surface area contributed by atoms with E-state index in [1.807, 2.05) is 0 Å². The lowest BCUT2D eigenvalue weighted by Gasteiger charge is -2.25. The maximum absolute atomic E-state index is 12.3. The standard InChI is InChI=1S/C7H8F3N3/c1-6(11,7(8,9)10)5-3-2-4-12-13-5/h2-4H,11H2,1H3. The van der Waals surface area contributed by atoms with Gasteiger partial charge < -0.3 is 5.73 Å². The molecule has 0 radical (unpaired) electrons. The van der Waals surface area contributed by atoms with E-state index in [0.717, 1.165) is 6.92 Å². The smallest absolute Gasteiger partial charge is 0.313 e. The first-order valence-electron chi connectivity index (χ1n) is 3.49. The molecule has 0 fully saturated rings. The Morgan fingerprint density at radius 2 is 2.00 bits per heavy atom. The van der Waals surface area contributed by atoms with E-state index >= 15 is 0 Å². The molecule has 1 rings (SSSR count). The third-order valence-corrected chi connectivity index (χ3v) is 1.69. The average Bonchev–Trinajstić information content (AvgIpc) is 2.04. The van der Waals surface area contributed by atoms with E-state index in [2.05, 4.69) is 10.2 Å². The first-order chi connectivity index (χ1) is 5.86. The van der Waals surface area contributed by atoms with Crippen LogP contribution >= 0.6 is 0 Å². The topological polar surface area (TPSA) is 51.8 Å². The summed E-state index contributed by atoms with van der Waals surface area (Å²) in [5.74, 6) is 0. The van der Waals surface area contributed by atoms with Gasteiger partial charge in [0.15, 0.2) is 5.54 Å². The molecule has 1 atom stereocenters. The van der Waals surface area contributed by atoms with Gasteiger partial charge >= 0.3 is 6.18 Å². The van der Waals surface area contributed by atoms with Crippen molar-refractivity contribution in [3.8, 4) is 0 Å². The first-order valence-corrected chi connectivity index (χ1v) is 3.49. The molecule has 0 aliphatic carbocycles. The van der Waals surface area contributed by atoms with Crippen LogP contribution in [0.5, 0.6) is 0 Å². The Bertz CT molecular complexity index is 281. The molecule has 0 saturated carbocycles. The molecule has 1 aromatic heterocycles. The van der Waals surface area contributed by atoms with Gasteiger partial charge in [-0.2, -0.15) is 23.4 Å². The largest absolute Gasteiger partial charge is 0.411 e. The van der Waals surface area contributed by atoms with E-state index in [-0.39, 0.29) is 5.69 Å². The predicted molar refractivity (Wildman–Crippen MR) is 39.6 cm³/mol. The molecule has 72 valence electrons. The number of nitrogens with two attached hydrogens (primary N) is 1. The van der Waals surface area contributed by atoms with Crippen molar-refractivity contribution in [2.75, 3.05) is 0 Å². The zero-order chi connectivity index (χ0) is 10.1. The maximum atomic E-state index is 12.3. The van der Waals surface area contributed by atoms with Crippen molar-refractivity contribution in [1.82, 2.24) is 10.2 Å². The molecule has 0 aromatic carbocycles. The number of hydrogen-bond donors (Lipinski definition) is 1. The Hall–Kier alpha value is -1.17. The van der Waals surface area contributed by atoms with Gasteiger partial charge in [0.1, 0.15) is 0 Å². The molecule has 0 saturated heterocycles. The van der Waals surface area contributed by atoms with Gasteiger partial charge in [-0.25, -0.2) is 0 Å². The highest BCUT2D eigenvalue weighted by atomic mass is 19.4. The van der Waals surface area contributed by atoms with E-state index in [1.54, 1.807) is 0 Å². The lowest BCUT2D eigenvalue weighted by Crippen LogP contribution is -2.48. The minimum absolute atomic E-state index is 0.289. The summed E-state index contributed by atoms with van der Waals surface area (Å²) in [5, 5.41) is 6.66. The summed E-state index contributed by atoms with van der Waals surface area (Å²) < 4.78 is 37.0. The highest BCUT2D eigenvalue weighted by Crippen LogP contribution is 2.34. The zero-order valence-corrected chi connectivity index (χ0v) is 6.84. The minimum atomic E-state index is -4.52. The zero-order valence-electron chi connectivity index (χ0n) is 6.84. The summed E-state index contributed by atoms with van der Waals surface area (Å²) in [6, 6.07) is 2.56. The average molecular weight is 191 g/mol. The molecule has 0 spiro atoms.